The smallest absolute Gasteiger partial charge is 0.162 e. The molecule has 0 saturated heterocycles. The number of allylic oxidation sites excluding steroid dienone is 1. The molecule has 1 N–H and O–H groups in total. The van der Waals surface area contributed by atoms with Crippen LogP contribution in [0.25, 0.3) is 5.57 Å². The second kappa shape index (κ2) is 9.21. The van der Waals surface area contributed by atoms with Gasteiger partial charge >= 0.3 is 0 Å². The van der Waals surface area contributed by atoms with Crippen molar-refractivity contribution in [2.75, 3.05) is 6.54 Å². The molecule has 0 spiro atoms. The van der Waals surface area contributed by atoms with Crippen molar-refractivity contribution < 1.29 is 4.79 Å². The number of ketones is 1. The third-order valence-corrected chi connectivity index (χ3v) is 5.34. The van der Waals surface area contributed by atoms with Crippen LogP contribution in [-0.2, 0) is 18.3 Å². The lowest BCUT2D eigenvalue weighted by Gasteiger charge is -2.19. The second-order valence-electron chi connectivity index (χ2n) is 6.93. The average molecular weight is 375 g/mol. The number of carbonyl (C=O) groups is 1. The molecule has 1 aromatic rings. The molecular weight excluding hydrogens is 344 g/mol. The highest BCUT2D eigenvalue weighted by molar-refractivity contribution is 7.97. The summed E-state index contributed by atoms with van der Waals surface area (Å²) in [4.78, 5) is 12.1. The maximum atomic E-state index is 12.1. The maximum Gasteiger partial charge on any atom is 0.162 e. The van der Waals surface area contributed by atoms with Crippen molar-refractivity contribution >= 4 is 29.0 Å². The molecular formula is C20H30N4OS. The van der Waals surface area contributed by atoms with Crippen LogP contribution in [0.15, 0.2) is 28.4 Å². The van der Waals surface area contributed by atoms with Crippen LogP contribution in [0, 0.1) is 5.92 Å². The highest BCUT2D eigenvalue weighted by Gasteiger charge is 2.24. The van der Waals surface area contributed by atoms with E-state index in [1.807, 2.05) is 24.7 Å². The summed E-state index contributed by atoms with van der Waals surface area (Å²) in [6, 6.07) is 2.14. The molecule has 1 aromatic heterocycles. The molecule has 5 nitrogen and oxygen atoms in total. The third kappa shape index (κ3) is 4.67. The Morgan fingerprint density at radius 3 is 2.85 bits per heavy atom. The van der Waals surface area contributed by atoms with E-state index in [0.29, 0.717) is 17.2 Å². The van der Waals surface area contributed by atoms with E-state index in [2.05, 4.69) is 43.1 Å². The molecule has 142 valence electrons. The van der Waals surface area contributed by atoms with Crippen LogP contribution in [-0.4, -0.2) is 27.2 Å². The number of carbonyl (C=O) groups excluding carboxylic acids is 1. The van der Waals surface area contributed by atoms with Gasteiger partial charge in [-0.2, -0.15) is 10.2 Å². The lowest BCUT2D eigenvalue weighted by Crippen LogP contribution is -2.25. The lowest BCUT2D eigenvalue weighted by atomic mass is 9.94. The molecule has 26 heavy (non-hydrogen) atoms. The second-order valence-corrected chi connectivity index (χ2v) is 7.36. The molecule has 1 aliphatic heterocycles. The molecule has 0 amide bonds. The Morgan fingerprint density at radius 1 is 1.50 bits per heavy atom. The van der Waals surface area contributed by atoms with E-state index in [1.54, 1.807) is 6.92 Å². The van der Waals surface area contributed by atoms with E-state index in [4.69, 9.17) is 5.10 Å². The fourth-order valence-corrected chi connectivity index (χ4v) is 3.62. The van der Waals surface area contributed by atoms with Gasteiger partial charge < -0.3 is 5.43 Å². The van der Waals surface area contributed by atoms with Gasteiger partial charge in [-0.15, -0.1) is 12.6 Å². The van der Waals surface area contributed by atoms with Gasteiger partial charge in [0.05, 0.1) is 17.8 Å². The summed E-state index contributed by atoms with van der Waals surface area (Å²) >= 11 is 4.36. The van der Waals surface area contributed by atoms with Crippen molar-refractivity contribution in [1.29, 1.82) is 0 Å². The van der Waals surface area contributed by atoms with Crippen molar-refractivity contribution in [3.8, 4) is 0 Å². The largest absolute Gasteiger partial charge is 0.305 e. The summed E-state index contributed by atoms with van der Waals surface area (Å²) in [5.41, 5.74) is 7.51. The molecule has 1 unspecified atom stereocenters. The van der Waals surface area contributed by atoms with Crippen LogP contribution in [0.1, 0.15) is 58.3 Å². The number of aromatic nitrogens is 2. The van der Waals surface area contributed by atoms with Gasteiger partial charge in [0.15, 0.2) is 5.78 Å². The third-order valence-electron chi connectivity index (χ3n) is 5.01. The number of nitrogens with one attached hydrogen (secondary N) is 1. The molecule has 2 rings (SSSR count). The SMILES string of the molecule is C/C=C(\C1=C(C(C)=O)C(S)=NNC1)c1cc(CCCC(C)CC)n(C)n1. The Balaban J connectivity index is 2.29. The van der Waals surface area contributed by atoms with Crippen LogP contribution >= 0.6 is 12.6 Å². The Kier molecular flexibility index (Phi) is 7.26. The van der Waals surface area contributed by atoms with Crippen molar-refractivity contribution in [2.45, 2.75) is 53.4 Å². The van der Waals surface area contributed by atoms with Gasteiger partial charge in [-0.25, -0.2) is 0 Å². The van der Waals surface area contributed by atoms with E-state index in [-0.39, 0.29) is 5.78 Å². The number of nitrogens with zero attached hydrogens (tertiary/aromatic N) is 3. The monoisotopic (exact) mass is 374 g/mol. The predicted octanol–water partition coefficient (Wildman–Crippen LogP) is 3.92. The summed E-state index contributed by atoms with van der Waals surface area (Å²) < 4.78 is 1.95. The van der Waals surface area contributed by atoms with Crippen LogP contribution in [0.3, 0.4) is 0 Å². The first-order valence-corrected chi connectivity index (χ1v) is 9.77. The van der Waals surface area contributed by atoms with E-state index in [9.17, 15) is 4.79 Å². The Bertz CT molecular complexity index is 758. The molecule has 0 aliphatic carbocycles. The minimum Gasteiger partial charge on any atom is -0.305 e. The van der Waals surface area contributed by atoms with Crippen LogP contribution in [0.2, 0.25) is 0 Å². The van der Waals surface area contributed by atoms with Gasteiger partial charge in [0.25, 0.3) is 0 Å². The summed E-state index contributed by atoms with van der Waals surface area (Å²) in [6.45, 7) is 8.57. The van der Waals surface area contributed by atoms with Gasteiger partial charge in [-0.3, -0.25) is 9.48 Å². The average Bonchev–Trinajstić information content (AvgIpc) is 2.95. The van der Waals surface area contributed by atoms with Crippen molar-refractivity contribution in [2.24, 2.45) is 18.1 Å². The Labute approximate surface area is 162 Å². The number of hydrazone groups is 1. The quantitative estimate of drug-likeness (QED) is 0.678. The first-order chi connectivity index (χ1) is 12.4. The van der Waals surface area contributed by atoms with E-state index in [0.717, 1.165) is 35.6 Å². The Morgan fingerprint density at radius 2 is 2.23 bits per heavy atom. The number of Topliss-reactive ketones (excluding diaryl/α,β-unsaturated/α-hetero) is 1. The van der Waals surface area contributed by atoms with Crippen LogP contribution in [0.4, 0.5) is 0 Å². The summed E-state index contributed by atoms with van der Waals surface area (Å²) in [7, 11) is 1.99. The molecule has 0 bridgehead atoms. The predicted molar refractivity (Wildman–Crippen MR) is 111 cm³/mol. The zero-order valence-corrected chi connectivity index (χ0v) is 17.4. The zero-order valence-electron chi connectivity index (χ0n) is 16.5. The minimum atomic E-state index is -0.0284. The molecule has 0 fully saturated rings. The molecule has 2 heterocycles. The fraction of sp³-hybridized carbons (Fsp3) is 0.550. The fourth-order valence-electron chi connectivity index (χ4n) is 3.26. The summed E-state index contributed by atoms with van der Waals surface area (Å²) in [5, 5.41) is 9.22. The molecule has 1 atom stereocenters. The summed E-state index contributed by atoms with van der Waals surface area (Å²) in [6.07, 6.45) is 6.65. The maximum absolute atomic E-state index is 12.1. The highest BCUT2D eigenvalue weighted by atomic mass is 32.1. The van der Waals surface area contributed by atoms with E-state index < -0.39 is 0 Å². The molecule has 6 heteroatoms. The highest BCUT2D eigenvalue weighted by Crippen LogP contribution is 2.29. The van der Waals surface area contributed by atoms with Gasteiger partial charge in [0.2, 0.25) is 0 Å². The van der Waals surface area contributed by atoms with Crippen molar-refractivity contribution in [1.82, 2.24) is 15.2 Å². The standard InChI is InChI=1S/C20H30N4OS/c1-6-13(3)9-8-10-15-11-18(23-24(15)5)16(7-2)17-12-21-22-20(26)19(17)14(4)25/h7,11,13,21H,6,8-10,12H2,1-5H3,(H,22,26)/b16-7+. The number of hydrogen-bond acceptors (Lipinski definition) is 4. The van der Waals surface area contributed by atoms with Crippen LogP contribution in [0.5, 0.6) is 0 Å². The topological polar surface area (TPSA) is 59.3 Å². The molecule has 0 aromatic carbocycles. The lowest BCUT2D eigenvalue weighted by molar-refractivity contribution is -0.113. The molecule has 0 radical (unpaired) electrons. The normalized spacial score (nSPS) is 16.4. The Hall–Kier alpha value is -1.82. The summed E-state index contributed by atoms with van der Waals surface area (Å²) in [5.74, 6) is 0.734. The van der Waals surface area contributed by atoms with Gasteiger partial charge in [0, 0.05) is 18.3 Å². The number of aryl methyl sites for hydroxylation is 2. The van der Waals surface area contributed by atoms with E-state index in [1.165, 1.54) is 18.5 Å². The van der Waals surface area contributed by atoms with Gasteiger partial charge in [0.1, 0.15) is 5.04 Å². The number of hydrogen-bond donors (Lipinski definition) is 2. The van der Waals surface area contributed by atoms with Crippen molar-refractivity contribution in [3.05, 3.63) is 34.7 Å². The molecule has 0 saturated carbocycles. The van der Waals surface area contributed by atoms with E-state index >= 15 is 0 Å². The zero-order chi connectivity index (χ0) is 19.3. The number of rotatable bonds is 8. The first kappa shape index (κ1) is 20.5. The van der Waals surface area contributed by atoms with Gasteiger partial charge in [-0.1, -0.05) is 32.8 Å². The van der Waals surface area contributed by atoms with Gasteiger partial charge in [-0.05, 0) is 44.2 Å². The minimum absolute atomic E-state index is 0.0284. The van der Waals surface area contributed by atoms with Crippen molar-refractivity contribution in [3.63, 3.8) is 0 Å². The number of thiol groups is 1. The molecule has 1 aliphatic rings. The van der Waals surface area contributed by atoms with Crippen LogP contribution < -0.4 is 5.43 Å². The first-order valence-electron chi connectivity index (χ1n) is 9.32.